The fraction of sp³-hybridized carbons (Fsp3) is 0.323. The topological polar surface area (TPSA) is 80.8 Å². The Kier molecular flexibility index (Phi) is 8.72. The normalized spacial score (nSPS) is 14.3. The highest BCUT2D eigenvalue weighted by atomic mass is 32.1. The molecule has 2 aromatic carbocycles. The van der Waals surface area contributed by atoms with Crippen LogP contribution >= 0.6 is 11.3 Å². The Balaban J connectivity index is 1.18. The van der Waals surface area contributed by atoms with E-state index >= 15 is 0 Å². The molecular formula is C31H32FN3O4S. The van der Waals surface area contributed by atoms with Crippen LogP contribution in [0.2, 0.25) is 0 Å². The van der Waals surface area contributed by atoms with Crippen molar-refractivity contribution in [3.63, 3.8) is 0 Å². The minimum atomic E-state index is -0.403. The summed E-state index contributed by atoms with van der Waals surface area (Å²) < 4.78 is 26.1. The van der Waals surface area contributed by atoms with Gasteiger partial charge in [0.15, 0.2) is 17.3 Å². The summed E-state index contributed by atoms with van der Waals surface area (Å²) in [6, 6.07) is 15.0. The summed E-state index contributed by atoms with van der Waals surface area (Å²) in [5, 5.41) is 5.26. The molecule has 9 heteroatoms. The third-order valence-corrected chi connectivity index (χ3v) is 8.32. The molecule has 1 aliphatic heterocycles. The average Bonchev–Trinajstić information content (AvgIpc) is 3.42. The highest BCUT2D eigenvalue weighted by Crippen LogP contribution is 2.34. The summed E-state index contributed by atoms with van der Waals surface area (Å²) in [6.45, 7) is 2.61. The summed E-state index contributed by atoms with van der Waals surface area (Å²) in [7, 11) is 3.69. The largest absolute Gasteiger partial charge is 0.493 e. The zero-order valence-corrected chi connectivity index (χ0v) is 23.4. The van der Waals surface area contributed by atoms with Gasteiger partial charge in [0.05, 0.1) is 30.7 Å². The molecule has 1 aliphatic rings. The number of carbonyl (C=O) groups is 2. The van der Waals surface area contributed by atoms with Crippen molar-refractivity contribution in [1.29, 1.82) is 0 Å². The van der Waals surface area contributed by atoms with Crippen molar-refractivity contribution in [2.75, 3.05) is 40.4 Å². The van der Waals surface area contributed by atoms with Gasteiger partial charge in [-0.1, -0.05) is 18.2 Å². The molecule has 2 aromatic heterocycles. The van der Waals surface area contributed by atoms with Crippen molar-refractivity contribution in [3.8, 4) is 22.8 Å². The number of thiophene rings is 1. The van der Waals surface area contributed by atoms with Crippen LogP contribution in [0, 0.1) is 11.7 Å². The number of hydrogen-bond acceptors (Lipinski definition) is 7. The molecule has 3 heterocycles. The fourth-order valence-electron chi connectivity index (χ4n) is 4.93. The predicted molar refractivity (Wildman–Crippen MR) is 155 cm³/mol. The summed E-state index contributed by atoms with van der Waals surface area (Å²) >= 11 is 1.30. The molecule has 0 spiro atoms. The number of rotatable bonds is 10. The molecule has 5 rings (SSSR count). The Bertz CT molecular complexity index is 1510. The number of nitrogens with one attached hydrogen (secondary N) is 1. The van der Waals surface area contributed by atoms with Gasteiger partial charge in [-0.3, -0.25) is 9.59 Å². The first-order chi connectivity index (χ1) is 19.4. The highest BCUT2D eigenvalue weighted by molar-refractivity contribution is 7.17. The zero-order valence-electron chi connectivity index (χ0n) is 22.6. The standard InChI is InChI=1S/C31H32FN3O4S/c1-35-14-11-20(12-15-35)13-16-39-28-10-9-21(17-29(28)38-2)31(37)33-18-27(36)26-8-4-7-25(34-26)23-19-40-30-22(23)5-3-6-24(30)32/h3-10,17,19-20H,11-16,18H2,1-2H3,(H,33,37). The maximum atomic E-state index is 14.1. The van der Waals surface area contributed by atoms with E-state index in [9.17, 15) is 14.0 Å². The van der Waals surface area contributed by atoms with Gasteiger partial charge < -0.3 is 19.7 Å². The summed E-state index contributed by atoms with van der Waals surface area (Å²) in [6.07, 6.45) is 3.34. The van der Waals surface area contributed by atoms with Crippen LogP contribution in [0.4, 0.5) is 4.39 Å². The molecular weight excluding hydrogens is 529 g/mol. The van der Waals surface area contributed by atoms with Gasteiger partial charge in [0, 0.05) is 21.9 Å². The third kappa shape index (κ3) is 6.32. The van der Waals surface area contributed by atoms with Gasteiger partial charge in [0.25, 0.3) is 5.91 Å². The van der Waals surface area contributed by atoms with Crippen LogP contribution in [-0.2, 0) is 0 Å². The number of ether oxygens (including phenoxy) is 2. The van der Waals surface area contributed by atoms with Gasteiger partial charge in [-0.2, -0.15) is 0 Å². The van der Waals surface area contributed by atoms with Crippen LogP contribution in [0.3, 0.4) is 0 Å². The van der Waals surface area contributed by atoms with Gasteiger partial charge in [-0.25, -0.2) is 9.37 Å². The van der Waals surface area contributed by atoms with Crippen LogP contribution in [0.25, 0.3) is 21.3 Å². The molecule has 0 aliphatic carbocycles. The number of methoxy groups -OCH3 is 1. The first kappa shape index (κ1) is 27.7. The molecule has 0 saturated carbocycles. The molecule has 0 bridgehead atoms. The molecule has 0 unspecified atom stereocenters. The lowest BCUT2D eigenvalue weighted by Gasteiger charge is -2.28. The van der Waals surface area contributed by atoms with E-state index in [1.165, 1.54) is 37.4 Å². The average molecular weight is 562 g/mol. The number of hydrogen-bond donors (Lipinski definition) is 1. The number of aromatic nitrogens is 1. The van der Waals surface area contributed by atoms with Gasteiger partial charge in [0.1, 0.15) is 11.5 Å². The molecule has 1 amide bonds. The molecule has 4 aromatic rings. The second-order valence-electron chi connectivity index (χ2n) is 10.0. The molecule has 1 saturated heterocycles. The minimum Gasteiger partial charge on any atom is -0.493 e. The Morgan fingerprint density at radius 2 is 1.90 bits per heavy atom. The number of amides is 1. The van der Waals surface area contributed by atoms with Crippen molar-refractivity contribution >= 4 is 33.1 Å². The second kappa shape index (κ2) is 12.6. The van der Waals surface area contributed by atoms with Gasteiger partial charge >= 0.3 is 0 Å². The molecule has 40 heavy (non-hydrogen) atoms. The summed E-state index contributed by atoms with van der Waals surface area (Å²) in [5.74, 6) is 0.697. The van der Waals surface area contributed by atoms with Crippen molar-refractivity contribution in [3.05, 3.63) is 77.1 Å². The van der Waals surface area contributed by atoms with E-state index < -0.39 is 5.91 Å². The number of fused-ring (bicyclic) bond motifs is 1. The van der Waals surface area contributed by atoms with Crippen LogP contribution in [-0.4, -0.2) is 62.0 Å². The maximum Gasteiger partial charge on any atom is 0.251 e. The number of Topliss-reactive ketones (excluding diaryl/α,β-unsaturated/α-hetero) is 1. The fourth-order valence-corrected chi connectivity index (χ4v) is 5.90. The second-order valence-corrected chi connectivity index (χ2v) is 10.9. The maximum absolute atomic E-state index is 14.1. The number of piperidine rings is 1. The van der Waals surface area contributed by atoms with Crippen molar-refractivity contribution in [2.24, 2.45) is 5.92 Å². The number of pyridine rings is 1. The molecule has 0 radical (unpaired) electrons. The molecule has 7 nitrogen and oxygen atoms in total. The quantitative estimate of drug-likeness (QED) is 0.245. The van der Waals surface area contributed by atoms with E-state index in [0.717, 1.165) is 30.5 Å². The van der Waals surface area contributed by atoms with Crippen LogP contribution in [0.1, 0.15) is 40.1 Å². The molecule has 1 fully saturated rings. The van der Waals surface area contributed by atoms with Crippen molar-refractivity contribution in [2.45, 2.75) is 19.3 Å². The molecule has 1 N–H and O–H groups in total. The smallest absolute Gasteiger partial charge is 0.251 e. The first-order valence-corrected chi connectivity index (χ1v) is 14.2. The van der Waals surface area contributed by atoms with Gasteiger partial charge in [-0.05, 0) is 81.7 Å². The SMILES string of the molecule is COc1cc(C(=O)NCC(=O)c2cccc(-c3csc4c(F)cccc34)n2)ccc1OCCC1CCN(C)CC1. The van der Waals surface area contributed by atoms with Gasteiger partial charge in [0.2, 0.25) is 0 Å². The number of ketones is 1. The lowest BCUT2D eigenvalue weighted by molar-refractivity contribution is 0.0902. The van der Waals surface area contributed by atoms with Crippen molar-refractivity contribution < 1.29 is 23.5 Å². The number of halogens is 1. The van der Waals surface area contributed by atoms with E-state index in [2.05, 4.69) is 22.2 Å². The van der Waals surface area contributed by atoms with E-state index in [-0.39, 0.29) is 23.8 Å². The summed E-state index contributed by atoms with van der Waals surface area (Å²) in [4.78, 5) is 32.5. The van der Waals surface area contributed by atoms with Crippen LogP contribution < -0.4 is 14.8 Å². The van der Waals surface area contributed by atoms with Crippen LogP contribution in [0.15, 0.2) is 60.0 Å². The Morgan fingerprint density at radius 3 is 2.70 bits per heavy atom. The number of benzene rings is 2. The first-order valence-electron chi connectivity index (χ1n) is 13.4. The number of carbonyl (C=O) groups excluding carboxylic acids is 2. The number of nitrogens with zero attached hydrogens (tertiary/aromatic N) is 2. The monoisotopic (exact) mass is 561 g/mol. The number of likely N-dealkylation sites (tertiary alicyclic amines) is 1. The lowest BCUT2D eigenvalue weighted by Crippen LogP contribution is -2.30. The minimum absolute atomic E-state index is 0.217. The Labute approximate surface area is 236 Å². The Morgan fingerprint density at radius 1 is 1.10 bits per heavy atom. The van der Waals surface area contributed by atoms with E-state index in [1.54, 1.807) is 42.5 Å². The van der Waals surface area contributed by atoms with E-state index in [1.807, 2.05) is 11.4 Å². The molecule has 208 valence electrons. The lowest BCUT2D eigenvalue weighted by atomic mass is 9.94. The van der Waals surface area contributed by atoms with E-state index in [0.29, 0.717) is 40.0 Å². The third-order valence-electron chi connectivity index (χ3n) is 7.32. The van der Waals surface area contributed by atoms with Crippen LogP contribution in [0.5, 0.6) is 11.5 Å². The zero-order chi connectivity index (χ0) is 28.1. The van der Waals surface area contributed by atoms with Gasteiger partial charge in [-0.15, -0.1) is 11.3 Å². The van der Waals surface area contributed by atoms with Crippen molar-refractivity contribution in [1.82, 2.24) is 15.2 Å². The highest BCUT2D eigenvalue weighted by Gasteiger charge is 2.18. The molecule has 0 atom stereocenters. The Hall–Kier alpha value is -3.82. The summed E-state index contributed by atoms with van der Waals surface area (Å²) in [5.41, 5.74) is 1.92. The van der Waals surface area contributed by atoms with E-state index in [4.69, 9.17) is 9.47 Å². The predicted octanol–water partition coefficient (Wildman–Crippen LogP) is 5.83.